The molecule has 0 saturated carbocycles. The summed E-state index contributed by atoms with van der Waals surface area (Å²) in [5.74, 6) is 0. The van der Waals surface area contributed by atoms with Crippen molar-refractivity contribution in [3.05, 3.63) is 24.3 Å². The van der Waals surface area contributed by atoms with Crippen molar-refractivity contribution >= 4 is 11.6 Å². The molecule has 1 aliphatic rings. The molecule has 1 heteroatoms. The van der Waals surface area contributed by atoms with E-state index in [0.29, 0.717) is 5.38 Å². The summed E-state index contributed by atoms with van der Waals surface area (Å²) in [5.41, 5.74) is 1.60. The van der Waals surface area contributed by atoms with Crippen molar-refractivity contribution in [3.8, 4) is 0 Å². The van der Waals surface area contributed by atoms with Crippen LogP contribution in [0, 0.1) is 0 Å². The number of unbranched alkanes of at least 4 members (excludes halogenated alkanes) is 3. The third-order valence-corrected chi connectivity index (χ3v) is 3.39. The number of alkyl halides is 1. The predicted molar refractivity (Wildman–Crippen MR) is 69.5 cm³/mol. The molecule has 1 atom stereocenters. The van der Waals surface area contributed by atoms with Crippen LogP contribution in [0.15, 0.2) is 24.3 Å². The summed E-state index contributed by atoms with van der Waals surface area (Å²) in [5, 5.41) is 0.302. The molecule has 0 bridgehead atoms. The molecule has 0 spiro atoms. The fraction of sp³-hybridized carbons (Fsp3) is 0.714. The van der Waals surface area contributed by atoms with E-state index in [1.807, 2.05) is 6.08 Å². The Bertz CT molecular complexity index is 205. The zero-order valence-corrected chi connectivity index (χ0v) is 10.4. The monoisotopic (exact) mass is 226 g/mol. The minimum Gasteiger partial charge on any atom is -0.118 e. The second-order valence-electron chi connectivity index (χ2n) is 4.47. The smallest absolute Gasteiger partial charge is 0.0518 e. The summed E-state index contributed by atoms with van der Waals surface area (Å²) in [4.78, 5) is 0. The molecule has 0 aromatic carbocycles. The lowest BCUT2D eigenvalue weighted by Gasteiger charge is -2.05. The lowest BCUT2D eigenvalue weighted by molar-refractivity contribution is 0.657. The minimum absolute atomic E-state index is 0.302. The van der Waals surface area contributed by atoms with Gasteiger partial charge in [-0.3, -0.25) is 0 Å². The maximum Gasteiger partial charge on any atom is 0.0518 e. The van der Waals surface area contributed by atoms with E-state index in [1.54, 1.807) is 5.57 Å². The van der Waals surface area contributed by atoms with E-state index in [-0.39, 0.29) is 0 Å². The lowest BCUT2D eigenvalue weighted by Crippen LogP contribution is -1.91. The molecule has 0 N–H and O–H groups in total. The van der Waals surface area contributed by atoms with Crippen LogP contribution in [0.2, 0.25) is 0 Å². The van der Waals surface area contributed by atoms with Gasteiger partial charge in [-0.2, -0.15) is 0 Å². The molecular weight excluding hydrogens is 204 g/mol. The van der Waals surface area contributed by atoms with Crippen LogP contribution in [-0.2, 0) is 0 Å². The highest BCUT2D eigenvalue weighted by Gasteiger charge is 2.08. The van der Waals surface area contributed by atoms with Crippen LogP contribution in [0.5, 0.6) is 0 Å². The molecule has 0 aliphatic heterocycles. The van der Waals surface area contributed by atoms with Gasteiger partial charge in [0.1, 0.15) is 0 Å². The minimum atomic E-state index is 0.302. The standard InChI is InChI=1S/C14H23Cl/c1-2-3-4-5-6-9-13-10-7-8-11-14(15)12-13/h2,12,14H,1,3-11H2. The van der Waals surface area contributed by atoms with Gasteiger partial charge < -0.3 is 0 Å². The topological polar surface area (TPSA) is 0 Å². The molecule has 1 aliphatic carbocycles. The summed E-state index contributed by atoms with van der Waals surface area (Å²) in [7, 11) is 0. The van der Waals surface area contributed by atoms with Crippen molar-refractivity contribution in [2.75, 3.05) is 0 Å². The first-order valence-electron chi connectivity index (χ1n) is 6.27. The zero-order chi connectivity index (χ0) is 10.9. The summed E-state index contributed by atoms with van der Waals surface area (Å²) < 4.78 is 0. The number of rotatable bonds is 6. The SMILES string of the molecule is C=CCCCCCC1=CC(Cl)CCCC1. The van der Waals surface area contributed by atoms with Gasteiger partial charge in [0.15, 0.2) is 0 Å². The molecule has 0 amide bonds. The molecule has 1 rings (SSSR count). The van der Waals surface area contributed by atoms with Crippen LogP contribution in [0.25, 0.3) is 0 Å². The Morgan fingerprint density at radius 1 is 1.33 bits per heavy atom. The highest BCUT2D eigenvalue weighted by Crippen LogP contribution is 2.24. The molecule has 15 heavy (non-hydrogen) atoms. The molecule has 0 saturated heterocycles. The Morgan fingerprint density at radius 2 is 2.20 bits per heavy atom. The third-order valence-electron chi connectivity index (χ3n) is 3.05. The van der Waals surface area contributed by atoms with E-state index < -0.39 is 0 Å². The van der Waals surface area contributed by atoms with Gasteiger partial charge in [-0.1, -0.05) is 30.6 Å². The summed E-state index contributed by atoms with van der Waals surface area (Å²) in [6.07, 6.45) is 15.8. The zero-order valence-electron chi connectivity index (χ0n) is 9.68. The van der Waals surface area contributed by atoms with Gasteiger partial charge in [-0.15, -0.1) is 18.2 Å². The lowest BCUT2D eigenvalue weighted by atomic mass is 10.0. The van der Waals surface area contributed by atoms with Crippen molar-refractivity contribution in [2.24, 2.45) is 0 Å². The number of halogens is 1. The van der Waals surface area contributed by atoms with E-state index in [4.69, 9.17) is 11.6 Å². The average Bonchev–Trinajstić information content (AvgIpc) is 2.43. The Labute approximate surface area is 99.4 Å². The highest BCUT2D eigenvalue weighted by molar-refractivity contribution is 6.21. The van der Waals surface area contributed by atoms with E-state index in [0.717, 1.165) is 6.42 Å². The molecule has 0 aromatic rings. The average molecular weight is 227 g/mol. The Morgan fingerprint density at radius 3 is 3.00 bits per heavy atom. The second kappa shape index (κ2) is 7.98. The molecular formula is C14H23Cl. The first-order chi connectivity index (χ1) is 7.33. The number of hydrogen-bond acceptors (Lipinski definition) is 0. The first kappa shape index (κ1) is 12.8. The van der Waals surface area contributed by atoms with Gasteiger partial charge in [-0.25, -0.2) is 0 Å². The van der Waals surface area contributed by atoms with E-state index in [9.17, 15) is 0 Å². The van der Waals surface area contributed by atoms with Gasteiger partial charge in [0.25, 0.3) is 0 Å². The van der Waals surface area contributed by atoms with Gasteiger partial charge in [0, 0.05) is 0 Å². The Hall–Kier alpha value is -0.230. The van der Waals surface area contributed by atoms with Crippen molar-refractivity contribution < 1.29 is 0 Å². The van der Waals surface area contributed by atoms with E-state index in [2.05, 4.69) is 12.7 Å². The summed E-state index contributed by atoms with van der Waals surface area (Å²) in [6.45, 7) is 3.74. The summed E-state index contributed by atoms with van der Waals surface area (Å²) in [6, 6.07) is 0. The van der Waals surface area contributed by atoms with Crippen molar-refractivity contribution in [2.45, 2.75) is 63.2 Å². The molecule has 0 aromatic heterocycles. The van der Waals surface area contributed by atoms with Crippen molar-refractivity contribution in [1.29, 1.82) is 0 Å². The van der Waals surface area contributed by atoms with Crippen molar-refractivity contribution in [1.82, 2.24) is 0 Å². The van der Waals surface area contributed by atoms with E-state index in [1.165, 1.54) is 51.4 Å². The number of allylic oxidation sites excluding steroid dienone is 3. The van der Waals surface area contributed by atoms with E-state index >= 15 is 0 Å². The van der Waals surface area contributed by atoms with Crippen LogP contribution < -0.4 is 0 Å². The van der Waals surface area contributed by atoms with Crippen LogP contribution >= 0.6 is 11.6 Å². The first-order valence-corrected chi connectivity index (χ1v) is 6.71. The highest BCUT2D eigenvalue weighted by atomic mass is 35.5. The third kappa shape index (κ3) is 6.04. The fourth-order valence-corrected chi connectivity index (χ4v) is 2.47. The van der Waals surface area contributed by atoms with Crippen LogP contribution in [0.4, 0.5) is 0 Å². The van der Waals surface area contributed by atoms with Gasteiger partial charge in [0.2, 0.25) is 0 Å². The molecule has 0 fully saturated rings. The fourth-order valence-electron chi connectivity index (χ4n) is 2.14. The van der Waals surface area contributed by atoms with Gasteiger partial charge >= 0.3 is 0 Å². The Balaban J connectivity index is 2.15. The van der Waals surface area contributed by atoms with Crippen LogP contribution in [0.1, 0.15) is 57.8 Å². The van der Waals surface area contributed by atoms with Crippen molar-refractivity contribution in [3.63, 3.8) is 0 Å². The summed E-state index contributed by atoms with van der Waals surface area (Å²) >= 11 is 6.19. The molecule has 0 radical (unpaired) electrons. The molecule has 0 heterocycles. The maximum atomic E-state index is 6.19. The quantitative estimate of drug-likeness (QED) is 0.331. The molecule has 0 nitrogen and oxygen atoms in total. The largest absolute Gasteiger partial charge is 0.118 e. The van der Waals surface area contributed by atoms with Gasteiger partial charge in [0.05, 0.1) is 5.38 Å². The van der Waals surface area contributed by atoms with Crippen LogP contribution in [0.3, 0.4) is 0 Å². The normalized spacial score (nSPS) is 21.9. The second-order valence-corrected chi connectivity index (χ2v) is 5.04. The number of hydrogen-bond donors (Lipinski definition) is 0. The van der Waals surface area contributed by atoms with Crippen LogP contribution in [-0.4, -0.2) is 5.38 Å². The van der Waals surface area contributed by atoms with Gasteiger partial charge in [-0.05, 0) is 44.9 Å². The molecule has 86 valence electrons. The maximum absolute atomic E-state index is 6.19. The molecule has 1 unspecified atom stereocenters. The predicted octanol–water partition coefficient (Wildman–Crippen LogP) is 5.23. The Kier molecular flexibility index (Phi) is 6.83.